The van der Waals surface area contributed by atoms with Gasteiger partial charge in [0.15, 0.2) is 9.84 Å². The molecule has 2 aromatic carbocycles. The maximum atomic E-state index is 12.2. The molecule has 0 spiro atoms. The molecule has 2 aromatic rings. The topological polar surface area (TPSA) is 63.7 Å². The van der Waals surface area contributed by atoms with Crippen molar-refractivity contribution < 1.29 is 17.9 Å². The Bertz CT molecular complexity index is 788. The third-order valence-electron chi connectivity index (χ3n) is 3.55. The zero-order valence-corrected chi connectivity index (χ0v) is 14.6. The lowest BCUT2D eigenvalue weighted by Crippen LogP contribution is -2.30. The van der Waals surface area contributed by atoms with Gasteiger partial charge in [-0.3, -0.25) is 0 Å². The minimum atomic E-state index is -3.27. The Kier molecular flexibility index (Phi) is 5.98. The first-order valence-corrected chi connectivity index (χ1v) is 9.54. The summed E-state index contributed by atoms with van der Waals surface area (Å²) in [5, 5.41) is 0. The zero-order chi connectivity index (χ0) is 17.6. The van der Waals surface area contributed by atoms with Gasteiger partial charge in [-0.15, -0.1) is 0 Å². The number of benzene rings is 2. The van der Waals surface area contributed by atoms with E-state index < -0.39 is 15.9 Å². The minimum Gasteiger partial charge on any atom is -0.445 e. The van der Waals surface area contributed by atoms with Gasteiger partial charge in [0, 0.05) is 19.3 Å². The molecule has 0 bridgehead atoms. The average Bonchev–Trinajstić information content (AvgIpc) is 2.58. The average molecular weight is 347 g/mol. The molecule has 2 rings (SSSR count). The largest absolute Gasteiger partial charge is 0.445 e. The number of sulfone groups is 1. The van der Waals surface area contributed by atoms with Crippen molar-refractivity contribution in [2.45, 2.75) is 25.0 Å². The van der Waals surface area contributed by atoms with Gasteiger partial charge in [-0.05, 0) is 30.2 Å². The molecule has 0 saturated heterocycles. The van der Waals surface area contributed by atoms with Crippen LogP contribution in [0.2, 0.25) is 0 Å². The van der Waals surface area contributed by atoms with Crippen LogP contribution in [0.25, 0.3) is 0 Å². The van der Waals surface area contributed by atoms with Crippen LogP contribution in [0.3, 0.4) is 0 Å². The summed E-state index contributed by atoms with van der Waals surface area (Å²) in [6, 6.07) is 16.0. The van der Waals surface area contributed by atoms with Crippen LogP contribution in [-0.2, 0) is 27.7 Å². The fraction of sp³-hybridized carbons (Fsp3) is 0.278. The van der Waals surface area contributed by atoms with Crippen molar-refractivity contribution in [1.82, 2.24) is 4.90 Å². The van der Waals surface area contributed by atoms with Crippen LogP contribution in [-0.4, -0.2) is 32.2 Å². The molecule has 0 unspecified atom stereocenters. The highest BCUT2D eigenvalue weighted by molar-refractivity contribution is 7.90. The lowest BCUT2D eigenvalue weighted by Gasteiger charge is -2.20. The maximum Gasteiger partial charge on any atom is 0.410 e. The second-order valence-electron chi connectivity index (χ2n) is 5.47. The number of rotatable bonds is 6. The van der Waals surface area contributed by atoms with E-state index >= 15 is 0 Å². The Morgan fingerprint density at radius 2 is 1.71 bits per heavy atom. The van der Waals surface area contributed by atoms with Gasteiger partial charge >= 0.3 is 6.09 Å². The molecule has 6 heteroatoms. The van der Waals surface area contributed by atoms with Gasteiger partial charge < -0.3 is 9.64 Å². The summed E-state index contributed by atoms with van der Waals surface area (Å²) < 4.78 is 28.6. The number of nitrogens with zero attached hydrogens (tertiary/aromatic N) is 1. The van der Waals surface area contributed by atoms with E-state index in [0.717, 1.165) is 17.4 Å². The van der Waals surface area contributed by atoms with Crippen molar-refractivity contribution in [3.63, 3.8) is 0 Å². The Morgan fingerprint density at radius 3 is 2.33 bits per heavy atom. The van der Waals surface area contributed by atoms with Crippen molar-refractivity contribution in [1.29, 1.82) is 0 Å². The van der Waals surface area contributed by atoms with Crippen LogP contribution >= 0.6 is 0 Å². The number of amides is 1. The molecule has 1 amide bonds. The molecule has 5 nitrogen and oxygen atoms in total. The third kappa shape index (κ3) is 5.09. The highest BCUT2D eigenvalue weighted by Crippen LogP contribution is 2.14. The predicted octanol–water partition coefficient (Wildman–Crippen LogP) is 3.25. The van der Waals surface area contributed by atoms with Crippen LogP contribution in [0.15, 0.2) is 59.5 Å². The fourth-order valence-corrected chi connectivity index (χ4v) is 2.90. The van der Waals surface area contributed by atoms with Crippen LogP contribution in [0.5, 0.6) is 0 Å². The Labute approximate surface area is 142 Å². The van der Waals surface area contributed by atoms with Crippen molar-refractivity contribution in [2.24, 2.45) is 0 Å². The Morgan fingerprint density at radius 1 is 1.04 bits per heavy atom. The van der Waals surface area contributed by atoms with E-state index in [4.69, 9.17) is 4.74 Å². The van der Waals surface area contributed by atoms with E-state index in [1.807, 2.05) is 37.3 Å². The van der Waals surface area contributed by atoms with Crippen molar-refractivity contribution in [3.8, 4) is 0 Å². The van der Waals surface area contributed by atoms with E-state index in [1.165, 1.54) is 4.90 Å². The Balaban J connectivity index is 2.02. The zero-order valence-electron chi connectivity index (χ0n) is 13.8. The predicted molar refractivity (Wildman–Crippen MR) is 92.3 cm³/mol. The first-order valence-electron chi connectivity index (χ1n) is 7.64. The molecule has 128 valence electrons. The van der Waals surface area contributed by atoms with Gasteiger partial charge in [0.05, 0.1) is 4.90 Å². The van der Waals surface area contributed by atoms with Gasteiger partial charge in [-0.25, -0.2) is 13.2 Å². The molecule has 0 aliphatic heterocycles. The summed E-state index contributed by atoms with van der Waals surface area (Å²) >= 11 is 0. The van der Waals surface area contributed by atoms with Crippen LogP contribution in [0.1, 0.15) is 18.1 Å². The summed E-state index contributed by atoms with van der Waals surface area (Å²) in [6.45, 7) is 2.83. The number of ether oxygens (including phenoxy) is 1. The highest BCUT2D eigenvalue weighted by atomic mass is 32.2. The molecule has 0 radical (unpaired) electrons. The van der Waals surface area contributed by atoms with Crippen molar-refractivity contribution >= 4 is 15.9 Å². The molecule has 0 N–H and O–H groups in total. The van der Waals surface area contributed by atoms with Gasteiger partial charge in [-0.2, -0.15) is 0 Å². The smallest absolute Gasteiger partial charge is 0.410 e. The molecule has 0 atom stereocenters. The summed E-state index contributed by atoms with van der Waals surface area (Å²) in [6.07, 6.45) is 0.740. The molecular formula is C18H21NO4S. The number of carbonyl (C=O) groups is 1. The molecule has 0 saturated carbocycles. The second kappa shape index (κ2) is 7.97. The van der Waals surface area contributed by atoms with Crippen molar-refractivity contribution in [3.05, 3.63) is 65.7 Å². The SMILES string of the molecule is CCN(Cc1cccc(S(C)(=O)=O)c1)C(=O)OCc1ccccc1. The lowest BCUT2D eigenvalue weighted by molar-refractivity contribution is 0.0956. The van der Waals surface area contributed by atoms with E-state index in [2.05, 4.69) is 0 Å². The first-order chi connectivity index (χ1) is 11.4. The summed E-state index contributed by atoms with van der Waals surface area (Å²) in [7, 11) is -3.27. The number of carbonyl (C=O) groups excluding carboxylic acids is 1. The van der Waals surface area contributed by atoms with E-state index in [1.54, 1.807) is 24.3 Å². The van der Waals surface area contributed by atoms with E-state index in [9.17, 15) is 13.2 Å². The molecular weight excluding hydrogens is 326 g/mol. The van der Waals surface area contributed by atoms with Crippen LogP contribution < -0.4 is 0 Å². The van der Waals surface area contributed by atoms with E-state index in [-0.39, 0.29) is 11.5 Å². The van der Waals surface area contributed by atoms with Gasteiger partial charge in [-0.1, -0.05) is 42.5 Å². The monoisotopic (exact) mass is 347 g/mol. The molecule has 0 heterocycles. The lowest BCUT2D eigenvalue weighted by atomic mass is 10.2. The van der Waals surface area contributed by atoms with Gasteiger partial charge in [0.25, 0.3) is 0 Å². The summed E-state index contributed by atoms with van der Waals surface area (Å²) in [5.74, 6) is 0. The molecule has 0 aliphatic rings. The molecule has 0 aliphatic carbocycles. The first kappa shape index (κ1) is 18.0. The molecule has 0 aromatic heterocycles. The molecule has 0 fully saturated rings. The quantitative estimate of drug-likeness (QED) is 0.805. The third-order valence-corrected chi connectivity index (χ3v) is 4.66. The fourth-order valence-electron chi connectivity index (χ4n) is 2.21. The summed E-state index contributed by atoms with van der Waals surface area (Å²) in [4.78, 5) is 14.0. The number of hydrogen-bond acceptors (Lipinski definition) is 4. The van der Waals surface area contributed by atoms with Crippen LogP contribution in [0, 0.1) is 0 Å². The number of hydrogen-bond donors (Lipinski definition) is 0. The summed E-state index contributed by atoms with van der Waals surface area (Å²) in [5.41, 5.74) is 1.66. The maximum absolute atomic E-state index is 12.2. The van der Waals surface area contributed by atoms with Crippen LogP contribution in [0.4, 0.5) is 4.79 Å². The van der Waals surface area contributed by atoms with Crippen molar-refractivity contribution in [2.75, 3.05) is 12.8 Å². The standard InChI is InChI=1S/C18H21NO4S/c1-3-19(18(20)23-14-15-8-5-4-6-9-15)13-16-10-7-11-17(12-16)24(2,21)22/h4-12H,3,13-14H2,1-2H3. The normalized spacial score (nSPS) is 11.1. The van der Waals surface area contributed by atoms with Gasteiger partial charge in [0.1, 0.15) is 6.61 Å². The van der Waals surface area contributed by atoms with Gasteiger partial charge in [0.2, 0.25) is 0 Å². The molecule has 24 heavy (non-hydrogen) atoms. The van der Waals surface area contributed by atoms with E-state index in [0.29, 0.717) is 13.1 Å². The second-order valence-corrected chi connectivity index (χ2v) is 7.49. The highest BCUT2D eigenvalue weighted by Gasteiger charge is 2.15. The minimum absolute atomic E-state index is 0.208. The Hall–Kier alpha value is -2.34.